The van der Waals surface area contributed by atoms with Crippen LogP contribution in [0.15, 0.2) is 58.3 Å². The number of carbonyl (C=O) groups excluding carboxylic acids is 2. The Hall–Kier alpha value is -2.32. The van der Waals surface area contributed by atoms with Gasteiger partial charge in [0, 0.05) is 17.9 Å². The fourth-order valence-electron chi connectivity index (χ4n) is 3.02. The van der Waals surface area contributed by atoms with Gasteiger partial charge in [-0.15, -0.1) is 11.8 Å². The number of fused-ring (bicyclic) bond motifs is 1. The van der Waals surface area contributed by atoms with Gasteiger partial charge in [0.05, 0.1) is 21.6 Å². The molecule has 0 saturated carbocycles. The summed E-state index contributed by atoms with van der Waals surface area (Å²) in [6.07, 6.45) is 1.29. The zero-order valence-electron chi connectivity index (χ0n) is 16.2. The number of sulfone groups is 1. The van der Waals surface area contributed by atoms with Crippen LogP contribution in [0.5, 0.6) is 0 Å². The molecule has 0 spiro atoms. The van der Waals surface area contributed by atoms with Gasteiger partial charge in [-0.25, -0.2) is 8.42 Å². The van der Waals surface area contributed by atoms with E-state index in [0.717, 1.165) is 10.5 Å². The molecular formula is C21H24N2O4S2. The average molecular weight is 433 g/mol. The summed E-state index contributed by atoms with van der Waals surface area (Å²) in [6, 6.07) is 14.5. The standard InChI is InChI=1S/C21H24N2O4S2/c1-2-18-21(25)23-17-14-16(8-9-19(17)28-18)29(26,27)13-11-20(24)22-12-10-15-6-4-3-5-7-15/h3-9,14,18H,2,10-13H2,1H3,(H,22,24)(H,23,25). The minimum atomic E-state index is -3.62. The average Bonchev–Trinajstić information content (AvgIpc) is 2.72. The Morgan fingerprint density at radius 1 is 1.17 bits per heavy atom. The Kier molecular flexibility index (Phi) is 6.97. The molecule has 0 aliphatic carbocycles. The van der Waals surface area contributed by atoms with Crippen molar-refractivity contribution in [1.29, 1.82) is 0 Å². The quantitative estimate of drug-likeness (QED) is 0.669. The van der Waals surface area contributed by atoms with Gasteiger partial charge in [-0.3, -0.25) is 9.59 Å². The van der Waals surface area contributed by atoms with Crippen molar-refractivity contribution in [3.8, 4) is 0 Å². The van der Waals surface area contributed by atoms with Crippen molar-refractivity contribution in [2.45, 2.75) is 41.2 Å². The summed E-state index contributed by atoms with van der Waals surface area (Å²) < 4.78 is 25.2. The molecule has 1 heterocycles. The summed E-state index contributed by atoms with van der Waals surface area (Å²) in [4.78, 5) is 25.0. The van der Waals surface area contributed by atoms with E-state index in [2.05, 4.69) is 10.6 Å². The van der Waals surface area contributed by atoms with Crippen LogP contribution < -0.4 is 10.6 Å². The summed E-state index contributed by atoms with van der Waals surface area (Å²) in [6.45, 7) is 2.40. The van der Waals surface area contributed by atoms with E-state index < -0.39 is 9.84 Å². The van der Waals surface area contributed by atoms with E-state index in [9.17, 15) is 18.0 Å². The SMILES string of the molecule is CCC1Sc2ccc(S(=O)(=O)CCC(=O)NCCc3ccccc3)cc2NC1=O. The van der Waals surface area contributed by atoms with Gasteiger partial charge in [0.1, 0.15) is 0 Å². The molecule has 0 saturated heterocycles. The van der Waals surface area contributed by atoms with Crippen molar-refractivity contribution >= 4 is 39.1 Å². The van der Waals surface area contributed by atoms with Gasteiger partial charge in [0.2, 0.25) is 11.8 Å². The van der Waals surface area contributed by atoms with Gasteiger partial charge in [-0.05, 0) is 36.6 Å². The van der Waals surface area contributed by atoms with Gasteiger partial charge in [0.25, 0.3) is 0 Å². The molecule has 2 aromatic rings. The van der Waals surface area contributed by atoms with Crippen molar-refractivity contribution in [1.82, 2.24) is 5.32 Å². The van der Waals surface area contributed by atoms with Gasteiger partial charge in [-0.1, -0.05) is 37.3 Å². The Morgan fingerprint density at radius 2 is 1.93 bits per heavy atom. The van der Waals surface area contributed by atoms with E-state index in [-0.39, 0.29) is 34.1 Å². The molecule has 1 aliphatic rings. The Morgan fingerprint density at radius 3 is 2.66 bits per heavy atom. The molecule has 6 nitrogen and oxygen atoms in total. The summed E-state index contributed by atoms with van der Waals surface area (Å²) >= 11 is 1.44. The first-order valence-corrected chi connectivity index (χ1v) is 12.1. The Labute approximate surface area is 175 Å². The number of rotatable bonds is 8. The van der Waals surface area contributed by atoms with Gasteiger partial charge in [0.15, 0.2) is 9.84 Å². The van der Waals surface area contributed by atoms with E-state index in [0.29, 0.717) is 25.1 Å². The maximum atomic E-state index is 12.6. The number of amides is 2. The maximum Gasteiger partial charge on any atom is 0.237 e. The summed E-state index contributed by atoms with van der Waals surface area (Å²) in [5, 5.41) is 5.37. The zero-order valence-corrected chi connectivity index (χ0v) is 17.8. The highest BCUT2D eigenvalue weighted by Crippen LogP contribution is 2.38. The van der Waals surface area contributed by atoms with Gasteiger partial charge >= 0.3 is 0 Å². The number of hydrogen-bond donors (Lipinski definition) is 2. The summed E-state index contributed by atoms with van der Waals surface area (Å²) in [5.41, 5.74) is 1.62. The van der Waals surface area contributed by atoms with Crippen molar-refractivity contribution in [3.05, 3.63) is 54.1 Å². The van der Waals surface area contributed by atoms with E-state index in [1.165, 1.54) is 17.8 Å². The summed E-state index contributed by atoms with van der Waals surface area (Å²) in [5.74, 6) is -0.684. The van der Waals surface area contributed by atoms with Crippen LogP contribution >= 0.6 is 11.8 Å². The van der Waals surface area contributed by atoms with Crippen LogP contribution in [-0.4, -0.2) is 37.8 Å². The third-order valence-corrected chi connectivity index (χ3v) is 7.83. The normalized spacial score (nSPS) is 16.0. The monoisotopic (exact) mass is 432 g/mol. The topological polar surface area (TPSA) is 92.3 Å². The van der Waals surface area contributed by atoms with Crippen LogP contribution in [0, 0.1) is 0 Å². The molecule has 3 rings (SSSR count). The fourth-order valence-corrected chi connectivity index (χ4v) is 5.30. The minimum Gasteiger partial charge on any atom is -0.356 e. The maximum absolute atomic E-state index is 12.6. The second kappa shape index (κ2) is 9.45. The van der Waals surface area contributed by atoms with Crippen LogP contribution in [0.1, 0.15) is 25.3 Å². The molecule has 1 atom stereocenters. The van der Waals surface area contributed by atoms with E-state index in [1.807, 2.05) is 37.3 Å². The molecule has 2 aromatic carbocycles. The second-order valence-corrected chi connectivity index (χ2v) is 10.2. The van der Waals surface area contributed by atoms with Crippen molar-refractivity contribution in [2.75, 3.05) is 17.6 Å². The van der Waals surface area contributed by atoms with E-state index in [4.69, 9.17) is 0 Å². The molecule has 2 amide bonds. The molecule has 154 valence electrons. The number of carbonyl (C=O) groups is 2. The highest BCUT2D eigenvalue weighted by molar-refractivity contribution is 8.01. The van der Waals surface area contributed by atoms with Crippen molar-refractivity contribution < 1.29 is 18.0 Å². The first kappa shape index (κ1) is 21.4. The Bertz CT molecular complexity index is 991. The number of nitrogens with one attached hydrogen (secondary N) is 2. The van der Waals surface area contributed by atoms with E-state index in [1.54, 1.807) is 12.1 Å². The molecule has 0 bridgehead atoms. The second-order valence-electron chi connectivity index (χ2n) is 6.82. The molecule has 1 unspecified atom stereocenters. The van der Waals surface area contributed by atoms with Crippen LogP contribution in [0.25, 0.3) is 0 Å². The van der Waals surface area contributed by atoms with Crippen molar-refractivity contribution in [3.63, 3.8) is 0 Å². The number of anilines is 1. The van der Waals surface area contributed by atoms with Crippen LogP contribution in [-0.2, 0) is 25.8 Å². The van der Waals surface area contributed by atoms with Gasteiger partial charge in [-0.2, -0.15) is 0 Å². The number of hydrogen-bond acceptors (Lipinski definition) is 5. The first-order chi connectivity index (χ1) is 13.9. The lowest BCUT2D eigenvalue weighted by atomic mass is 10.1. The predicted octanol–water partition coefficient (Wildman–Crippen LogP) is 3.03. The summed E-state index contributed by atoms with van der Waals surface area (Å²) in [7, 11) is -3.62. The largest absolute Gasteiger partial charge is 0.356 e. The van der Waals surface area contributed by atoms with Gasteiger partial charge < -0.3 is 10.6 Å². The third-order valence-electron chi connectivity index (χ3n) is 4.68. The molecular weight excluding hydrogens is 408 g/mol. The smallest absolute Gasteiger partial charge is 0.237 e. The molecule has 0 aromatic heterocycles. The van der Waals surface area contributed by atoms with Crippen molar-refractivity contribution in [2.24, 2.45) is 0 Å². The Balaban J connectivity index is 1.55. The minimum absolute atomic E-state index is 0.104. The molecule has 8 heteroatoms. The van der Waals surface area contributed by atoms with Crippen LogP contribution in [0.3, 0.4) is 0 Å². The highest BCUT2D eigenvalue weighted by Gasteiger charge is 2.27. The lowest BCUT2D eigenvalue weighted by Crippen LogP contribution is -2.29. The predicted molar refractivity (Wildman–Crippen MR) is 115 cm³/mol. The zero-order chi connectivity index (χ0) is 20.9. The first-order valence-electron chi connectivity index (χ1n) is 9.54. The van der Waals surface area contributed by atoms with Crippen LogP contribution in [0.2, 0.25) is 0 Å². The lowest BCUT2D eigenvalue weighted by Gasteiger charge is -2.23. The number of benzene rings is 2. The number of thioether (sulfide) groups is 1. The third kappa shape index (κ3) is 5.61. The fraction of sp³-hybridized carbons (Fsp3) is 0.333. The molecule has 1 aliphatic heterocycles. The van der Waals surface area contributed by atoms with Crippen LogP contribution in [0.4, 0.5) is 5.69 Å². The molecule has 0 radical (unpaired) electrons. The lowest BCUT2D eigenvalue weighted by molar-refractivity contribution is -0.120. The highest BCUT2D eigenvalue weighted by atomic mass is 32.2. The van der Waals surface area contributed by atoms with E-state index >= 15 is 0 Å². The molecule has 29 heavy (non-hydrogen) atoms. The molecule has 2 N–H and O–H groups in total. The molecule has 0 fully saturated rings.